The number of ether oxygens (including phenoxy) is 3. The summed E-state index contributed by atoms with van der Waals surface area (Å²) in [6, 6.07) is 6.22. The molecule has 1 aliphatic heterocycles. The lowest BCUT2D eigenvalue weighted by Crippen LogP contribution is -2.39. The Labute approximate surface area is 210 Å². The first-order chi connectivity index (χ1) is 16.9. The van der Waals surface area contributed by atoms with Gasteiger partial charge in [0, 0.05) is 55.9 Å². The Morgan fingerprint density at radius 3 is 2.54 bits per heavy atom. The van der Waals surface area contributed by atoms with Crippen molar-refractivity contribution in [3.05, 3.63) is 72.2 Å². The van der Waals surface area contributed by atoms with Gasteiger partial charge < -0.3 is 24.1 Å². The number of H-pyrrole nitrogens is 1. The van der Waals surface area contributed by atoms with Crippen LogP contribution in [0.5, 0.6) is 0 Å². The molecule has 0 saturated carbocycles. The molecule has 1 fully saturated rings. The van der Waals surface area contributed by atoms with Crippen molar-refractivity contribution in [3.63, 3.8) is 0 Å². The third-order valence-electron chi connectivity index (χ3n) is 5.51. The van der Waals surface area contributed by atoms with E-state index in [0.717, 1.165) is 62.5 Å². The van der Waals surface area contributed by atoms with Gasteiger partial charge in [0.05, 0.1) is 27.4 Å². The Kier molecular flexibility index (Phi) is 12.1. The molecule has 0 radical (unpaired) electrons. The van der Waals surface area contributed by atoms with Gasteiger partial charge in [-0.25, -0.2) is 4.98 Å². The van der Waals surface area contributed by atoms with Crippen molar-refractivity contribution in [1.82, 2.24) is 19.8 Å². The number of hydrogen-bond acceptors (Lipinski definition) is 6. The van der Waals surface area contributed by atoms with Crippen molar-refractivity contribution < 1.29 is 14.2 Å². The van der Waals surface area contributed by atoms with Crippen LogP contribution in [0.25, 0.3) is 16.6 Å². The molecule has 1 aliphatic rings. The molecule has 0 amide bonds. The van der Waals surface area contributed by atoms with Crippen molar-refractivity contribution in [2.45, 2.75) is 34.1 Å². The van der Waals surface area contributed by atoms with E-state index in [1.54, 1.807) is 14.2 Å². The van der Waals surface area contributed by atoms with Gasteiger partial charge in [0.2, 0.25) is 0 Å². The number of nitrogens with zero attached hydrogens (tertiary/aromatic N) is 3. The zero-order valence-corrected chi connectivity index (χ0v) is 22.3. The summed E-state index contributed by atoms with van der Waals surface area (Å²) in [5.41, 5.74) is 4.56. The minimum atomic E-state index is 0.573. The third-order valence-corrected chi connectivity index (χ3v) is 5.51. The molecule has 0 bridgehead atoms. The van der Waals surface area contributed by atoms with Crippen LogP contribution in [-0.2, 0) is 14.2 Å². The highest BCUT2D eigenvalue weighted by Gasteiger charge is 2.11. The summed E-state index contributed by atoms with van der Waals surface area (Å²) in [7, 11) is 3.18. The average molecular weight is 483 g/mol. The number of allylic oxidation sites excluding steroid dienone is 3. The fourth-order valence-corrected chi connectivity index (χ4v) is 3.67. The molecule has 35 heavy (non-hydrogen) atoms. The van der Waals surface area contributed by atoms with Gasteiger partial charge in [-0.15, -0.1) is 0 Å². The molecule has 0 aliphatic carbocycles. The average Bonchev–Trinajstić information content (AvgIpc) is 3.31. The molecular formula is C28H42N4O3. The fourth-order valence-electron chi connectivity index (χ4n) is 3.67. The van der Waals surface area contributed by atoms with Gasteiger partial charge in [0.25, 0.3) is 0 Å². The zero-order chi connectivity index (χ0) is 25.6. The smallest absolute Gasteiger partial charge is 0.156 e. The number of fused-ring (bicyclic) bond motifs is 1. The highest BCUT2D eigenvalue weighted by atomic mass is 16.5. The summed E-state index contributed by atoms with van der Waals surface area (Å²) in [6.45, 7) is 17.9. The molecule has 0 unspecified atom stereocenters. The summed E-state index contributed by atoms with van der Waals surface area (Å²) in [4.78, 5) is 12.5. The number of methoxy groups -OCH3 is 2. The molecule has 0 spiro atoms. The molecule has 192 valence electrons. The lowest BCUT2D eigenvalue weighted by atomic mass is 10.2. The topological polar surface area (TPSA) is 62.9 Å². The summed E-state index contributed by atoms with van der Waals surface area (Å²) < 4.78 is 15.3. The third kappa shape index (κ3) is 9.62. The molecule has 7 nitrogen and oxygen atoms in total. The lowest BCUT2D eigenvalue weighted by molar-refractivity contribution is 0.0364. The van der Waals surface area contributed by atoms with E-state index in [1.165, 1.54) is 11.1 Å². The van der Waals surface area contributed by atoms with Crippen LogP contribution >= 0.6 is 0 Å². The maximum absolute atomic E-state index is 5.43. The van der Waals surface area contributed by atoms with Crippen LogP contribution in [0.15, 0.2) is 66.5 Å². The summed E-state index contributed by atoms with van der Waals surface area (Å²) in [5, 5.41) is 1.15. The molecule has 7 heteroatoms. The van der Waals surface area contributed by atoms with Crippen LogP contribution in [0, 0.1) is 0 Å². The normalized spacial score (nSPS) is 14.7. The first kappa shape index (κ1) is 28.2. The summed E-state index contributed by atoms with van der Waals surface area (Å²) in [5.74, 6) is 1.29. The molecule has 0 aromatic carbocycles. The van der Waals surface area contributed by atoms with Crippen molar-refractivity contribution in [2.24, 2.45) is 0 Å². The van der Waals surface area contributed by atoms with Crippen LogP contribution in [0.4, 0.5) is 0 Å². The monoisotopic (exact) mass is 482 g/mol. The molecule has 1 saturated heterocycles. The molecule has 3 rings (SSSR count). The van der Waals surface area contributed by atoms with Crippen molar-refractivity contribution in [1.29, 1.82) is 0 Å². The Balaban J connectivity index is 0.000000367. The molecule has 2 aromatic rings. The second kappa shape index (κ2) is 15.1. The predicted octanol–water partition coefficient (Wildman–Crippen LogP) is 5.57. The van der Waals surface area contributed by atoms with Gasteiger partial charge in [0.1, 0.15) is 5.65 Å². The second-order valence-electron chi connectivity index (χ2n) is 8.64. The van der Waals surface area contributed by atoms with Gasteiger partial charge >= 0.3 is 0 Å². The lowest BCUT2D eigenvalue weighted by Gasteiger charge is -2.28. The molecule has 1 N–H and O–H groups in total. The van der Waals surface area contributed by atoms with Crippen molar-refractivity contribution in [3.8, 4) is 0 Å². The van der Waals surface area contributed by atoms with E-state index in [9.17, 15) is 0 Å². The predicted molar refractivity (Wildman–Crippen MR) is 145 cm³/mol. The first-order valence-corrected chi connectivity index (χ1v) is 12.2. The first-order valence-electron chi connectivity index (χ1n) is 12.2. The number of nitrogens with one attached hydrogen (secondary N) is 1. The quantitative estimate of drug-likeness (QED) is 0.353. The van der Waals surface area contributed by atoms with E-state index in [2.05, 4.69) is 71.7 Å². The second-order valence-corrected chi connectivity index (χ2v) is 8.64. The van der Waals surface area contributed by atoms with Crippen molar-refractivity contribution >= 4 is 16.6 Å². The maximum Gasteiger partial charge on any atom is 0.156 e. The number of hydrogen-bond donors (Lipinski definition) is 1. The number of morpholine rings is 1. The Morgan fingerprint density at radius 2 is 1.94 bits per heavy atom. The summed E-state index contributed by atoms with van der Waals surface area (Å²) >= 11 is 0. The van der Waals surface area contributed by atoms with Crippen LogP contribution in [0.3, 0.4) is 0 Å². The molecule has 0 atom stereocenters. The van der Waals surface area contributed by atoms with E-state index < -0.39 is 0 Å². The number of aromatic amines is 1. The number of aromatic nitrogens is 2. The van der Waals surface area contributed by atoms with Crippen LogP contribution in [0.2, 0.25) is 0 Å². The van der Waals surface area contributed by atoms with Crippen LogP contribution in [-0.4, -0.2) is 73.4 Å². The highest BCUT2D eigenvalue weighted by Crippen LogP contribution is 2.20. The van der Waals surface area contributed by atoms with Crippen LogP contribution < -0.4 is 0 Å². The Bertz CT molecular complexity index is 979. The Morgan fingerprint density at radius 1 is 1.20 bits per heavy atom. The van der Waals surface area contributed by atoms with Gasteiger partial charge in [-0.3, -0.25) is 4.90 Å². The van der Waals surface area contributed by atoms with E-state index in [4.69, 9.17) is 14.2 Å². The minimum Gasteiger partial charge on any atom is -0.494 e. The van der Waals surface area contributed by atoms with E-state index in [1.807, 2.05) is 25.3 Å². The largest absolute Gasteiger partial charge is 0.494 e. The van der Waals surface area contributed by atoms with Crippen LogP contribution in [0.1, 0.15) is 39.8 Å². The highest BCUT2D eigenvalue weighted by molar-refractivity contribution is 5.81. The fraction of sp³-hybridized carbons (Fsp3) is 0.464. The molecule has 2 aromatic heterocycles. The number of rotatable bonds is 10. The van der Waals surface area contributed by atoms with Gasteiger partial charge in [-0.1, -0.05) is 19.1 Å². The van der Waals surface area contributed by atoms with Gasteiger partial charge in [-0.05, 0) is 57.0 Å². The maximum atomic E-state index is 5.43. The van der Waals surface area contributed by atoms with Gasteiger partial charge in [0.15, 0.2) is 11.5 Å². The SMILES string of the molecule is C=C(OC)/C(=C\CC)OC.CC(C)=CN(/C=C(\C)c1cc2cccnc2[nH]1)CCN1CCOCC1. The summed E-state index contributed by atoms with van der Waals surface area (Å²) in [6.07, 6.45) is 9.10. The van der Waals surface area contributed by atoms with E-state index >= 15 is 0 Å². The Hall–Kier alpha value is -3.03. The van der Waals surface area contributed by atoms with Crippen molar-refractivity contribution in [2.75, 3.05) is 53.6 Å². The molecular weight excluding hydrogens is 440 g/mol. The van der Waals surface area contributed by atoms with Gasteiger partial charge in [-0.2, -0.15) is 0 Å². The zero-order valence-electron chi connectivity index (χ0n) is 22.3. The number of pyridine rings is 1. The van der Waals surface area contributed by atoms with E-state index in [0.29, 0.717) is 11.5 Å². The standard InChI is InChI=1S/C20H28N4O.C8H14O2/c1-16(2)14-24(8-7-23-9-11-25-12-10-23)15-17(3)19-13-18-5-4-6-21-20(18)22-19;1-5-6-8(10-4)7(2)9-3/h4-6,13-15H,7-12H2,1-3H3,(H,21,22);6H,2,5H2,1,3-4H3/b17-15+;8-6+. The molecule has 3 heterocycles. The van der Waals surface area contributed by atoms with E-state index in [-0.39, 0.29) is 0 Å². The minimum absolute atomic E-state index is 0.573.